The Kier molecular flexibility index (Phi) is 9.07. The molecule has 0 bridgehead atoms. The van der Waals surface area contributed by atoms with E-state index in [1.807, 2.05) is 0 Å². The van der Waals surface area contributed by atoms with Gasteiger partial charge in [0.1, 0.15) is 34.8 Å². The van der Waals surface area contributed by atoms with Gasteiger partial charge in [-0.05, 0) is 19.5 Å². The maximum absolute atomic E-state index is 13.1. The number of carboxylic acids is 2. The molecule has 3 aliphatic heterocycles. The van der Waals surface area contributed by atoms with Gasteiger partial charge in [-0.1, -0.05) is 16.9 Å². The molecule has 20 heteroatoms. The van der Waals surface area contributed by atoms with Gasteiger partial charge >= 0.3 is 11.9 Å². The number of likely N-dealkylation sites (N-methyl/N-ethyl adjacent to an activating group) is 1. The number of carbonyl (C=O) groups is 4. The van der Waals surface area contributed by atoms with Gasteiger partial charge in [-0.15, -0.1) is 23.1 Å². The van der Waals surface area contributed by atoms with Gasteiger partial charge in [0.2, 0.25) is 6.61 Å². The highest BCUT2D eigenvalue weighted by molar-refractivity contribution is 8.14. The van der Waals surface area contributed by atoms with E-state index in [0.717, 1.165) is 21.8 Å². The minimum Gasteiger partial charge on any atom is -0.479 e. The Labute approximate surface area is 244 Å². The van der Waals surface area contributed by atoms with E-state index in [1.165, 1.54) is 33.9 Å². The number of nitrogens with two attached hydrogens (primary N) is 3. The van der Waals surface area contributed by atoms with Gasteiger partial charge in [0, 0.05) is 22.5 Å². The number of β-lactam (4-membered cyclic amide) rings is 1. The lowest BCUT2D eigenvalue weighted by molar-refractivity contribution is -0.150. The van der Waals surface area contributed by atoms with Crippen molar-refractivity contribution < 1.29 is 34.2 Å². The highest BCUT2D eigenvalue weighted by Crippen LogP contribution is 2.41. The van der Waals surface area contributed by atoms with Crippen molar-refractivity contribution in [3.05, 3.63) is 33.7 Å². The number of anilines is 1. The first kappa shape index (κ1) is 30.1. The Hall–Kier alpha value is -3.85. The number of nitrogen functional groups attached to an aromatic ring is 1. The van der Waals surface area contributed by atoms with Crippen molar-refractivity contribution >= 4 is 74.6 Å². The smallest absolute Gasteiger partial charge is 0.352 e. The lowest BCUT2D eigenvalue weighted by Gasteiger charge is -2.49. The summed E-state index contributed by atoms with van der Waals surface area (Å²) in [6, 6.07) is -1.08. The predicted octanol–water partition coefficient (Wildman–Crippen LogP) is -1.72. The number of amides is 2. The van der Waals surface area contributed by atoms with Gasteiger partial charge in [0.15, 0.2) is 16.0 Å². The number of rotatable bonds is 10. The fraction of sp³-hybridized carbons (Fsp3) is 0.381. The van der Waals surface area contributed by atoms with E-state index in [4.69, 9.17) is 27.3 Å². The van der Waals surface area contributed by atoms with Crippen LogP contribution < -0.4 is 27.9 Å². The molecule has 0 spiro atoms. The highest BCUT2D eigenvalue weighted by atomic mass is 32.2. The maximum Gasteiger partial charge on any atom is 0.352 e. The fourth-order valence-corrected chi connectivity index (χ4v) is 7.06. The molecular formula is C21H26N10O7S3. The molecular weight excluding hydrogens is 600 g/mol. The molecule has 41 heavy (non-hydrogen) atoms. The summed E-state index contributed by atoms with van der Waals surface area (Å²) in [4.78, 5) is 63.3. The molecule has 3 atom stereocenters. The van der Waals surface area contributed by atoms with E-state index in [2.05, 4.69) is 25.8 Å². The van der Waals surface area contributed by atoms with Gasteiger partial charge in [-0.25, -0.2) is 25.4 Å². The lowest BCUT2D eigenvalue weighted by Crippen LogP contribution is -2.71. The Balaban J connectivity index is 1.49. The normalized spacial score (nSPS) is 22.7. The number of hydrogen-bond acceptors (Lipinski definition) is 16. The minimum atomic E-state index is -1.32. The van der Waals surface area contributed by atoms with Gasteiger partial charge in [-0.3, -0.25) is 24.8 Å². The number of thiazole rings is 1. The SMILES string of the molecule is CNC1C(C)=C(N)N=C(SCC2=C(C(=O)O)N3C(=O)C(NC(=O)/C(=N\OCC(=O)O)c4csc(N)n4)[C@@H]3SC2)N1N. The molecule has 0 aliphatic carbocycles. The fourth-order valence-electron chi connectivity index (χ4n) is 4.08. The van der Waals surface area contributed by atoms with Crippen molar-refractivity contribution in [3.8, 4) is 0 Å². The van der Waals surface area contributed by atoms with Crippen molar-refractivity contribution in [2.24, 2.45) is 21.7 Å². The van der Waals surface area contributed by atoms with E-state index < -0.39 is 47.9 Å². The molecule has 4 heterocycles. The molecule has 2 unspecified atom stereocenters. The van der Waals surface area contributed by atoms with Crippen molar-refractivity contribution in [2.45, 2.75) is 24.5 Å². The summed E-state index contributed by atoms with van der Waals surface area (Å²) < 4.78 is 0. The topological polar surface area (TPSA) is 264 Å². The van der Waals surface area contributed by atoms with E-state index in [1.54, 1.807) is 14.0 Å². The molecule has 0 radical (unpaired) electrons. The maximum atomic E-state index is 13.1. The standard InChI is InChI=1S/C21H26N10O7S3/c1-7-14(22)28-21(31(24)15(7)25-2)41-5-8-4-39-18-12(17(35)30(18)13(8)19(36)37)27-16(34)11(29-38-3-10(32)33)9-6-40-20(23)26-9/h6,12,15,18,25H,3-5,22,24H2,1-2H3,(H2,23,26)(H,27,34)(H,32,33)(H,36,37)/b29-11-/t12?,15?,18-/m0/s1. The molecule has 1 aromatic heterocycles. The Morgan fingerprint density at radius 3 is 2.66 bits per heavy atom. The number of thioether (sulfide) groups is 2. The zero-order chi connectivity index (χ0) is 30.0. The second-order valence-corrected chi connectivity index (χ2v) is 11.6. The van der Waals surface area contributed by atoms with Crippen LogP contribution in [0.25, 0.3) is 0 Å². The monoisotopic (exact) mass is 626 g/mol. The summed E-state index contributed by atoms with van der Waals surface area (Å²) in [6.45, 7) is 0.976. The number of fused-ring (bicyclic) bond motifs is 1. The first-order chi connectivity index (χ1) is 19.4. The number of hydrogen-bond donors (Lipinski definition) is 7. The zero-order valence-corrected chi connectivity index (χ0v) is 24.0. The van der Waals surface area contributed by atoms with Crippen LogP contribution in [0, 0.1) is 0 Å². The van der Waals surface area contributed by atoms with Gasteiger partial charge in [-0.2, -0.15) is 0 Å². The quantitative estimate of drug-likeness (QED) is 0.0659. The number of amidine groups is 1. The van der Waals surface area contributed by atoms with Crippen LogP contribution in [-0.2, 0) is 24.0 Å². The first-order valence-corrected chi connectivity index (χ1v) is 14.6. The molecule has 1 aromatic rings. The number of hydrazine groups is 1. The van der Waals surface area contributed by atoms with Crippen molar-refractivity contribution in [1.29, 1.82) is 0 Å². The number of carboxylic acid groups (broad SMARTS) is 2. The predicted molar refractivity (Wildman–Crippen MR) is 152 cm³/mol. The van der Waals surface area contributed by atoms with Crippen LogP contribution in [0.4, 0.5) is 5.13 Å². The van der Waals surface area contributed by atoms with E-state index in [0.29, 0.717) is 16.6 Å². The average molecular weight is 627 g/mol. The molecule has 0 saturated carbocycles. The molecule has 1 fully saturated rings. The Morgan fingerprint density at radius 2 is 2.05 bits per heavy atom. The molecule has 3 aliphatic rings. The van der Waals surface area contributed by atoms with Crippen LogP contribution in [0.3, 0.4) is 0 Å². The molecule has 17 nitrogen and oxygen atoms in total. The van der Waals surface area contributed by atoms with Gasteiger partial charge in [0.25, 0.3) is 11.8 Å². The second kappa shape index (κ2) is 12.3. The van der Waals surface area contributed by atoms with E-state index in [-0.39, 0.29) is 33.7 Å². The summed E-state index contributed by atoms with van der Waals surface area (Å²) in [5.74, 6) is 2.76. The third-order valence-electron chi connectivity index (χ3n) is 6.04. The average Bonchev–Trinajstić information content (AvgIpc) is 3.35. The lowest BCUT2D eigenvalue weighted by atomic mass is 10.0. The molecule has 1 saturated heterocycles. The van der Waals surface area contributed by atoms with Crippen LogP contribution in [0.1, 0.15) is 12.6 Å². The number of aromatic nitrogens is 1. The molecule has 4 rings (SSSR count). The zero-order valence-electron chi connectivity index (χ0n) is 21.6. The third-order valence-corrected chi connectivity index (χ3v) is 9.10. The van der Waals surface area contributed by atoms with Gasteiger partial charge in [0.05, 0.1) is 0 Å². The number of nitrogens with zero attached hydrogens (tertiary/aromatic N) is 5. The number of carbonyl (C=O) groups excluding carboxylic acids is 2. The third kappa shape index (κ3) is 6.10. The summed E-state index contributed by atoms with van der Waals surface area (Å²) in [7, 11) is 1.72. The van der Waals surface area contributed by atoms with Crippen LogP contribution >= 0.6 is 34.9 Å². The summed E-state index contributed by atoms with van der Waals surface area (Å²) >= 11 is 3.46. The Bertz CT molecular complexity index is 1410. The summed E-state index contributed by atoms with van der Waals surface area (Å²) in [5.41, 5.74) is 12.3. The van der Waals surface area contributed by atoms with Crippen LogP contribution in [0.15, 0.2) is 38.2 Å². The summed E-state index contributed by atoms with van der Waals surface area (Å²) in [5, 5.41) is 30.5. The Morgan fingerprint density at radius 1 is 1.32 bits per heavy atom. The van der Waals surface area contributed by atoms with Crippen molar-refractivity contribution in [3.63, 3.8) is 0 Å². The molecule has 2 amide bonds. The van der Waals surface area contributed by atoms with Crippen LogP contribution in [0.2, 0.25) is 0 Å². The molecule has 10 N–H and O–H groups in total. The number of aliphatic carboxylic acids is 2. The van der Waals surface area contributed by atoms with Crippen LogP contribution in [0.5, 0.6) is 0 Å². The number of oxime groups is 1. The molecule has 220 valence electrons. The van der Waals surface area contributed by atoms with Crippen molar-refractivity contribution in [1.82, 2.24) is 25.5 Å². The largest absolute Gasteiger partial charge is 0.479 e. The van der Waals surface area contributed by atoms with Crippen molar-refractivity contribution in [2.75, 3.05) is 30.9 Å². The second-order valence-electron chi connectivity index (χ2n) is 8.65. The van der Waals surface area contributed by atoms with Gasteiger partial charge < -0.3 is 31.8 Å². The summed E-state index contributed by atoms with van der Waals surface area (Å²) in [6.07, 6.45) is -0.391. The van der Waals surface area contributed by atoms with E-state index in [9.17, 15) is 24.3 Å². The molecule has 0 aromatic carbocycles. The van der Waals surface area contributed by atoms with Crippen LogP contribution in [-0.4, -0.2) is 102 Å². The highest BCUT2D eigenvalue weighted by Gasteiger charge is 2.54. The number of nitrogens with one attached hydrogen (secondary N) is 2. The number of aliphatic imine (C=N–C) groups is 1. The first-order valence-electron chi connectivity index (χ1n) is 11.7. The minimum absolute atomic E-state index is 0.0199. The van der Waals surface area contributed by atoms with E-state index >= 15 is 0 Å².